The highest BCUT2D eigenvalue weighted by atomic mass is 33.1. The summed E-state index contributed by atoms with van der Waals surface area (Å²) in [6.07, 6.45) is 5.98. The molecule has 0 radical (unpaired) electrons. The third-order valence-corrected chi connectivity index (χ3v) is 15.9. The topological polar surface area (TPSA) is 188 Å². The highest BCUT2D eigenvalue weighted by molar-refractivity contribution is 8.77. The molecule has 16 heteroatoms. The van der Waals surface area contributed by atoms with Crippen LogP contribution in [0.15, 0.2) is 96.0 Å². The lowest BCUT2D eigenvalue weighted by Gasteiger charge is -2.26. The van der Waals surface area contributed by atoms with Gasteiger partial charge in [-0.05, 0) is 104 Å². The monoisotopic (exact) mass is 970 g/mol. The van der Waals surface area contributed by atoms with Crippen LogP contribution in [0.25, 0.3) is 0 Å². The van der Waals surface area contributed by atoms with Gasteiger partial charge in [-0.15, -0.1) is 0 Å². The van der Waals surface area contributed by atoms with E-state index in [0.717, 1.165) is 41.1 Å². The number of nitrogens with one attached hydrogen (secondary N) is 1. The maximum absolute atomic E-state index is 14.1. The molecule has 5 aromatic carbocycles. The molecule has 3 heterocycles. The molecule has 4 amide bonds. The zero-order chi connectivity index (χ0) is 48.8. The molecule has 3 aliphatic heterocycles. The average Bonchev–Trinajstić information content (AvgIpc) is 3.88. The zero-order valence-corrected chi connectivity index (χ0v) is 41.2. The number of aliphatic imine (C=N–C) groups is 1. The molecule has 0 fully saturated rings. The fraction of sp³-hybridized carbons (Fsp3) is 0.340. The lowest BCUT2D eigenvalue weighted by atomic mass is 10.1. The second-order valence-corrected chi connectivity index (χ2v) is 21.1. The van der Waals surface area contributed by atoms with Gasteiger partial charge in [-0.25, -0.2) is 0 Å². The lowest BCUT2D eigenvalue weighted by Crippen LogP contribution is -2.37. The first-order valence-corrected chi connectivity index (χ1v) is 25.4. The summed E-state index contributed by atoms with van der Waals surface area (Å²) in [5, 5.41) is 3.06. The summed E-state index contributed by atoms with van der Waals surface area (Å²) in [6, 6.07) is 27.8. The van der Waals surface area contributed by atoms with E-state index in [1.165, 1.54) is 14.2 Å². The molecule has 5 aromatic rings. The number of hydrogen-bond acceptors (Lipinski definition) is 12. The normalized spacial score (nSPS) is 15.7. The van der Waals surface area contributed by atoms with Crippen LogP contribution in [-0.4, -0.2) is 66.6 Å². The molecule has 360 valence electrons. The van der Waals surface area contributed by atoms with Gasteiger partial charge in [0.15, 0.2) is 23.0 Å². The van der Waals surface area contributed by atoms with Gasteiger partial charge in [-0.3, -0.25) is 29.1 Å². The maximum Gasteiger partial charge on any atom is 0.261 e. The minimum absolute atomic E-state index is 0.00494. The first-order valence-electron chi connectivity index (χ1n) is 23.1. The Morgan fingerprint density at radius 1 is 0.826 bits per heavy atom. The summed E-state index contributed by atoms with van der Waals surface area (Å²) in [7, 11) is 6.40. The number of nitrogen functional groups attached to an aromatic ring is 1. The van der Waals surface area contributed by atoms with Crippen molar-refractivity contribution in [1.82, 2.24) is 0 Å². The molecular formula is C53H58N6O8S2. The van der Waals surface area contributed by atoms with Gasteiger partial charge in [0.2, 0.25) is 11.8 Å². The number of rotatable bonds is 20. The van der Waals surface area contributed by atoms with Crippen LogP contribution in [0.5, 0.6) is 23.0 Å². The number of methoxy groups -OCH3 is 2. The van der Waals surface area contributed by atoms with Crippen LogP contribution in [0, 0.1) is 0 Å². The second kappa shape index (κ2) is 21.3. The minimum atomic E-state index is -0.315. The Morgan fingerprint density at radius 3 is 2.16 bits per heavy atom. The molecule has 0 saturated carbocycles. The SMILES string of the molecule is CC[C@@H]1Cc2ccccc2N1C(=O)c1cc(OC)c(OCc2cc(COc3cc4c(cc3OC)C(=O)N3c5ccccc5C[C@H]3C=N4)cc(NC(=O)CCCSSC(C)(C)CCC(N)=O)c2)cc1N. The third-order valence-electron chi connectivity index (χ3n) is 12.5. The Labute approximate surface area is 410 Å². The number of hydrogen-bond donors (Lipinski definition) is 3. The minimum Gasteiger partial charge on any atom is -0.493 e. The van der Waals surface area contributed by atoms with Gasteiger partial charge in [-0.1, -0.05) is 64.9 Å². The van der Waals surface area contributed by atoms with Gasteiger partial charge in [0.05, 0.1) is 37.1 Å². The zero-order valence-electron chi connectivity index (χ0n) is 39.5. The van der Waals surface area contributed by atoms with Crippen molar-refractivity contribution in [3.8, 4) is 23.0 Å². The summed E-state index contributed by atoms with van der Waals surface area (Å²) in [6.45, 7) is 6.35. The Hall–Kier alpha value is -6.65. The number of para-hydroxylation sites is 2. The highest BCUT2D eigenvalue weighted by Crippen LogP contribution is 2.43. The molecule has 5 N–H and O–H groups in total. The number of nitrogens with zero attached hydrogens (tertiary/aromatic N) is 3. The number of carbonyl (C=O) groups is 4. The quantitative estimate of drug-likeness (QED) is 0.0383. The van der Waals surface area contributed by atoms with Crippen LogP contribution in [0.2, 0.25) is 0 Å². The number of ether oxygens (including phenoxy) is 4. The summed E-state index contributed by atoms with van der Waals surface area (Å²) < 4.78 is 24.2. The van der Waals surface area contributed by atoms with E-state index in [1.54, 1.807) is 50.8 Å². The Morgan fingerprint density at radius 2 is 1.48 bits per heavy atom. The molecule has 0 bridgehead atoms. The number of nitrogens with two attached hydrogens (primary N) is 2. The van der Waals surface area contributed by atoms with Crippen molar-refractivity contribution in [3.63, 3.8) is 0 Å². The standard InChI is InChI=1S/C53H58N6O8S2/c1-6-37-23-34-12-7-9-14-43(34)58(37)51(62)39-25-45(64-4)47(27-41(39)54)66-30-32-20-33(22-36(21-32)57-50(61)16-11-19-68-69-53(2,3)18-17-49(55)60)31-67-48-28-42-40(26-46(48)65-5)52(63)59-38(29-56-42)24-35-13-8-10-15-44(35)59/h7-10,12-15,20-22,25-29,37-38H,6,11,16-19,23-24,30-31,54H2,1-5H3,(H2,55,60)(H,57,61)/t37-,38+/m1/s1. The van der Waals surface area contributed by atoms with E-state index in [0.29, 0.717) is 88.7 Å². The van der Waals surface area contributed by atoms with E-state index in [1.807, 2.05) is 71.8 Å². The van der Waals surface area contributed by atoms with E-state index in [2.05, 4.69) is 32.2 Å². The molecule has 0 spiro atoms. The predicted molar refractivity (Wildman–Crippen MR) is 276 cm³/mol. The average molecular weight is 971 g/mol. The number of primary amides is 1. The third kappa shape index (κ3) is 11.1. The Kier molecular flexibility index (Phi) is 15.1. The summed E-state index contributed by atoms with van der Waals surface area (Å²) >= 11 is 0. The smallest absolute Gasteiger partial charge is 0.261 e. The van der Waals surface area contributed by atoms with Crippen molar-refractivity contribution in [3.05, 3.63) is 124 Å². The Balaban J connectivity index is 1.00. The van der Waals surface area contributed by atoms with E-state index in [4.69, 9.17) is 35.4 Å². The Bertz CT molecular complexity index is 2800. The van der Waals surface area contributed by atoms with Crippen LogP contribution in [-0.2, 0) is 35.6 Å². The first kappa shape index (κ1) is 48.8. The van der Waals surface area contributed by atoms with Crippen LogP contribution < -0.4 is 45.5 Å². The fourth-order valence-electron chi connectivity index (χ4n) is 8.92. The van der Waals surface area contributed by atoms with Crippen molar-refractivity contribution in [2.45, 2.75) is 95.8 Å². The first-order chi connectivity index (χ1) is 33.2. The summed E-state index contributed by atoms with van der Waals surface area (Å²) in [5.74, 6) is 1.34. The van der Waals surface area contributed by atoms with Crippen molar-refractivity contribution in [1.29, 1.82) is 0 Å². The van der Waals surface area contributed by atoms with E-state index in [-0.39, 0.29) is 59.4 Å². The van der Waals surface area contributed by atoms with Crippen LogP contribution in [0.1, 0.15) is 95.8 Å². The molecule has 14 nitrogen and oxygen atoms in total. The van der Waals surface area contributed by atoms with E-state index >= 15 is 0 Å². The molecule has 8 rings (SSSR count). The molecule has 69 heavy (non-hydrogen) atoms. The number of fused-ring (bicyclic) bond motifs is 5. The number of benzene rings is 5. The van der Waals surface area contributed by atoms with Gasteiger partial charge < -0.3 is 40.6 Å². The molecular weight excluding hydrogens is 913 g/mol. The molecule has 3 aliphatic rings. The predicted octanol–water partition coefficient (Wildman–Crippen LogP) is 9.86. The highest BCUT2D eigenvalue weighted by Gasteiger charge is 2.37. The molecule has 0 saturated heterocycles. The van der Waals surface area contributed by atoms with Crippen molar-refractivity contribution in [2.24, 2.45) is 10.7 Å². The molecule has 2 atom stereocenters. The summed E-state index contributed by atoms with van der Waals surface area (Å²) in [4.78, 5) is 61.2. The fourth-order valence-corrected chi connectivity index (χ4v) is 11.6. The van der Waals surface area contributed by atoms with Crippen molar-refractivity contribution < 1.29 is 38.1 Å². The number of carbonyl (C=O) groups excluding carboxylic acids is 4. The van der Waals surface area contributed by atoms with E-state index < -0.39 is 0 Å². The van der Waals surface area contributed by atoms with Crippen LogP contribution in [0.3, 0.4) is 0 Å². The largest absolute Gasteiger partial charge is 0.493 e. The summed E-state index contributed by atoms with van der Waals surface area (Å²) in [5.41, 5.74) is 19.3. The van der Waals surface area contributed by atoms with Gasteiger partial charge in [0.25, 0.3) is 11.8 Å². The van der Waals surface area contributed by atoms with Crippen molar-refractivity contribution >= 4 is 79.9 Å². The van der Waals surface area contributed by atoms with Gasteiger partial charge in [-0.2, -0.15) is 0 Å². The molecule has 0 aromatic heterocycles. The number of anilines is 4. The van der Waals surface area contributed by atoms with Crippen LogP contribution >= 0.6 is 21.6 Å². The van der Waals surface area contributed by atoms with Crippen LogP contribution in [0.4, 0.5) is 28.4 Å². The van der Waals surface area contributed by atoms with Gasteiger partial charge >= 0.3 is 0 Å². The van der Waals surface area contributed by atoms with Gasteiger partial charge in [0.1, 0.15) is 13.2 Å². The number of amides is 4. The maximum atomic E-state index is 14.1. The second-order valence-electron chi connectivity index (χ2n) is 17.9. The molecule has 0 aliphatic carbocycles. The lowest BCUT2D eigenvalue weighted by molar-refractivity contribution is -0.118. The van der Waals surface area contributed by atoms with E-state index in [9.17, 15) is 19.2 Å². The van der Waals surface area contributed by atoms with Crippen molar-refractivity contribution in [2.75, 3.05) is 40.8 Å². The van der Waals surface area contributed by atoms with Gasteiger partial charge in [0, 0.05) is 76.9 Å². The molecule has 0 unspecified atom stereocenters.